The Morgan fingerprint density at radius 2 is 2.10 bits per heavy atom. The third-order valence-electron chi connectivity index (χ3n) is 3.17. The molecule has 0 amide bonds. The Morgan fingerprint density at radius 1 is 1.43 bits per heavy atom. The molecule has 0 aliphatic carbocycles. The van der Waals surface area contributed by atoms with E-state index in [1.165, 1.54) is 13.2 Å². The summed E-state index contributed by atoms with van der Waals surface area (Å²) in [5, 5.41) is 10.9. The molecule has 1 atom stereocenters. The van der Waals surface area contributed by atoms with Crippen molar-refractivity contribution in [3.8, 4) is 11.5 Å². The summed E-state index contributed by atoms with van der Waals surface area (Å²) in [7, 11) is 1.40. The van der Waals surface area contributed by atoms with Gasteiger partial charge in [-0.25, -0.2) is 0 Å². The summed E-state index contributed by atoms with van der Waals surface area (Å²) in [6.07, 6.45) is -5.88. The normalized spacial score (nSPS) is 17.6. The Morgan fingerprint density at radius 3 is 2.57 bits per heavy atom. The van der Waals surface area contributed by atoms with Crippen LogP contribution in [0.1, 0.15) is 18.1 Å². The molecule has 2 rings (SSSR count). The minimum Gasteiger partial charge on any atom is -0.545 e. The summed E-state index contributed by atoms with van der Waals surface area (Å²) in [6.45, 7) is 1.84. The molecule has 21 heavy (non-hydrogen) atoms. The predicted molar refractivity (Wildman–Crippen MR) is 65.8 cm³/mol. The summed E-state index contributed by atoms with van der Waals surface area (Å²) in [5.41, 5.74) is 0.0498. The van der Waals surface area contributed by atoms with Gasteiger partial charge in [0.05, 0.1) is 13.1 Å². The van der Waals surface area contributed by atoms with Crippen LogP contribution in [0.15, 0.2) is 17.7 Å². The van der Waals surface area contributed by atoms with Gasteiger partial charge in [0.2, 0.25) is 6.10 Å². The number of carbonyl (C=O) groups is 1. The molecule has 1 aromatic carbocycles. The van der Waals surface area contributed by atoms with Gasteiger partial charge in [0.15, 0.2) is 0 Å². The maximum atomic E-state index is 12.9. The first kappa shape index (κ1) is 15.2. The standard InChI is InChI=1S/C14H13F3O4/c1-3-7-4-8-5-9(13(18)19)12(14(15,16)17)21-11(8)6-10(7)20-2/h4-6,12H,3H2,1-2H3,(H,18,19)/p-1. The number of aryl methyl sites for hydroxylation is 1. The smallest absolute Gasteiger partial charge is 0.429 e. The number of carbonyl (C=O) groups excluding carboxylic acids is 1. The molecule has 1 aromatic rings. The number of fused-ring (bicyclic) bond motifs is 1. The second-order valence-corrected chi connectivity index (χ2v) is 4.48. The highest BCUT2D eigenvalue weighted by atomic mass is 19.4. The number of alkyl halides is 3. The number of ether oxygens (including phenoxy) is 2. The highest BCUT2D eigenvalue weighted by molar-refractivity contribution is 5.93. The molecule has 1 heterocycles. The summed E-state index contributed by atoms with van der Waals surface area (Å²) >= 11 is 0. The Labute approximate surface area is 118 Å². The lowest BCUT2D eigenvalue weighted by Crippen LogP contribution is -2.44. The fourth-order valence-corrected chi connectivity index (χ4v) is 2.15. The van der Waals surface area contributed by atoms with Crippen LogP contribution in [0.5, 0.6) is 11.5 Å². The first-order valence-corrected chi connectivity index (χ1v) is 6.15. The molecule has 0 saturated heterocycles. The summed E-state index contributed by atoms with van der Waals surface area (Å²) in [5.74, 6) is -1.59. The molecule has 0 bridgehead atoms. The van der Waals surface area contributed by atoms with Crippen molar-refractivity contribution in [2.75, 3.05) is 7.11 Å². The van der Waals surface area contributed by atoms with Gasteiger partial charge in [0.25, 0.3) is 0 Å². The molecule has 1 aliphatic heterocycles. The SMILES string of the molecule is CCc1cc2c(cc1OC)OC(C(F)(F)F)C(C(=O)[O-])=C2. The van der Waals surface area contributed by atoms with E-state index >= 15 is 0 Å². The molecule has 0 saturated carbocycles. The molecule has 0 radical (unpaired) electrons. The van der Waals surface area contributed by atoms with Crippen LogP contribution in [0.3, 0.4) is 0 Å². The van der Waals surface area contributed by atoms with Gasteiger partial charge in [-0.15, -0.1) is 0 Å². The molecule has 4 nitrogen and oxygen atoms in total. The molecule has 114 valence electrons. The lowest BCUT2D eigenvalue weighted by atomic mass is 9.98. The van der Waals surface area contributed by atoms with Gasteiger partial charge in [-0.2, -0.15) is 13.2 Å². The zero-order valence-electron chi connectivity index (χ0n) is 11.3. The monoisotopic (exact) mass is 301 g/mol. The van der Waals surface area contributed by atoms with Crippen molar-refractivity contribution in [1.82, 2.24) is 0 Å². The maximum absolute atomic E-state index is 12.9. The predicted octanol–water partition coefficient (Wildman–Crippen LogP) is 1.71. The van der Waals surface area contributed by atoms with Crippen molar-refractivity contribution >= 4 is 12.0 Å². The minimum absolute atomic E-state index is 0.0728. The third-order valence-corrected chi connectivity index (χ3v) is 3.17. The Kier molecular flexibility index (Phi) is 3.85. The molecule has 7 heteroatoms. The highest BCUT2D eigenvalue weighted by Crippen LogP contribution is 2.39. The highest BCUT2D eigenvalue weighted by Gasteiger charge is 2.46. The molecular weight excluding hydrogens is 289 g/mol. The van der Waals surface area contributed by atoms with Gasteiger partial charge in [-0.1, -0.05) is 6.92 Å². The van der Waals surface area contributed by atoms with Crippen LogP contribution in [-0.4, -0.2) is 25.4 Å². The molecule has 0 aromatic heterocycles. The summed E-state index contributed by atoms with van der Waals surface area (Å²) < 4.78 is 48.6. The molecule has 1 unspecified atom stereocenters. The number of aliphatic carboxylic acids is 1. The van der Waals surface area contributed by atoms with E-state index < -0.39 is 23.8 Å². The number of carboxylic acid groups (broad SMARTS) is 1. The van der Waals surface area contributed by atoms with Gasteiger partial charge in [-0.3, -0.25) is 0 Å². The lowest BCUT2D eigenvalue weighted by Gasteiger charge is -2.29. The summed E-state index contributed by atoms with van der Waals surface area (Å²) in [6, 6.07) is 2.87. The molecular formula is C14H12F3O4-. The van der Waals surface area contributed by atoms with Crippen molar-refractivity contribution in [1.29, 1.82) is 0 Å². The number of halogens is 3. The zero-order valence-corrected chi connectivity index (χ0v) is 11.3. The van der Waals surface area contributed by atoms with E-state index in [1.807, 2.05) is 6.92 Å². The number of rotatable bonds is 3. The van der Waals surface area contributed by atoms with E-state index in [0.29, 0.717) is 12.2 Å². The Hall–Kier alpha value is -2.18. The molecule has 1 aliphatic rings. The first-order valence-electron chi connectivity index (χ1n) is 6.15. The van der Waals surface area contributed by atoms with Crippen molar-refractivity contribution < 1.29 is 32.5 Å². The van der Waals surface area contributed by atoms with Crippen LogP contribution in [-0.2, 0) is 11.2 Å². The van der Waals surface area contributed by atoms with Gasteiger partial charge in [0.1, 0.15) is 11.5 Å². The average molecular weight is 301 g/mol. The summed E-state index contributed by atoms with van der Waals surface area (Å²) in [4.78, 5) is 10.9. The number of methoxy groups -OCH3 is 1. The molecule has 0 spiro atoms. The van der Waals surface area contributed by atoms with Crippen LogP contribution in [0, 0.1) is 0 Å². The topological polar surface area (TPSA) is 58.6 Å². The van der Waals surface area contributed by atoms with E-state index in [-0.39, 0.29) is 11.3 Å². The largest absolute Gasteiger partial charge is 0.545 e. The first-order chi connectivity index (χ1) is 9.77. The second kappa shape index (κ2) is 5.31. The number of carboxylic acids is 1. The van der Waals surface area contributed by atoms with E-state index in [4.69, 9.17) is 9.47 Å². The van der Waals surface area contributed by atoms with Gasteiger partial charge >= 0.3 is 6.18 Å². The molecule has 0 N–H and O–H groups in total. The Balaban J connectivity index is 2.58. The van der Waals surface area contributed by atoms with E-state index in [2.05, 4.69) is 0 Å². The molecule has 0 fully saturated rings. The van der Waals surface area contributed by atoms with E-state index in [1.54, 1.807) is 6.07 Å². The van der Waals surface area contributed by atoms with Crippen molar-refractivity contribution in [2.45, 2.75) is 25.6 Å². The van der Waals surface area contributed by atoms with Gasteiger partial charge in [-0.05, 0) is 24.1 Å². The van der Waals surface area contributed by atoms with E-state index in [0.717, 1.165) is 11.6 Å². The van der Waals surface area contributed by atoms with Gasteiger partial charge < -0.3 is 19.4 Å². The van der Waals surface area contributed by atoms with Crippen molar-refractivity contribution in [3.05, 3.63) is 28.8 Å². The maximum Gasteiger partial charge on any atom is 0.429 e. The Bertz CT molecular complexity index is 605. The van der Waals surface area contributed by atoms with Crippen molar-refractivity contribution in [3.63, 3.8) is 0 Å². The number of hydrogen-bond acceptors (Lipinski definition) is 4. The van der Waals surface area contributed by atoms with E-state index in [9.17, 15) is 23.1 Å². The van der Waals surface area contributed by atoms with Crippen molar-refractivity contribution in [2.24, 2.45) is 0 Å². The number of benzene rings is 1. The van der Waals surface area contributed by atoms with Crippen LogP contribution in [0.4, 0.5) is 13.2 Å². The van der Waals surface area contributed by atoms with Gasteiger partial charge in [0, 0.05) is 17.2 Å². The fraction of sp³-hybridized carbons (Fsp3) is 0.357. The fourth-order valence-electron chi connectivity index (χ4n) is 2.15. The zero-order chi connectivity index (χ0) is 15.8. The lowest BCUT2D eigenvalue weighted by molar-refractivity contribution is -0.302. The average Bonchev–Trinajstić information content (AvgIpc) is 2.43. The quantitative estimate of drug-likeness (QED) is 0.853. The minimum atomic E-state index is -4.85. The number of hydrogen-bond donors (Lipinski definition) is 0. The van der Waals surface area contributed by atoms with Crippen LogP contribution in [0.25, 0.3) is 6.08 Å². The second-order valence-electron chi connectivity index (χ2n) is 4.48. The van der Waals surface area contributed by atoms with Crippen LogP contribution < -0.4 is 14.6 Å². The van der Waals surface area contributed by atoms with Crippen LogP contribution >= 0.6 is 0 Å². The van der Waals surface area contributed by atoms with Crippen LogP contribution in [0.2, 0.25) is 0 Å². The third kappa shape index (κ3) is 2.81.